The van der Waals surface area contributed by atoms with Gasteiger partial charge in [0.2, 0.25) is 5.95 Å². The predicted molar refractivity (Wildman–Crippen MR) is 75.0 cm³/mol. The van der Waals surface area contributed by atoms with Crippen LogP contribution in [0.5, 0.6) is 0 Å². The highest BCUT2D eigenvalue weighted by molar-refractivity contribution is 5.88. The molecule has 1 aromatic carbocycles. The maximum absolute atomic E-state index is 12.4. The van der Waals surface area contributed by atoms with E-state index in [9.17, 15) is 9.59 Å². The first-order valence-corrected chi connectivity index (χ1v) is 6.66. The van der Waals surface area contributed by atoms with E-state index in [4.69, 9.17) is 4.74 Å². The molecule has 1 aromatic heterocycles. The van der Waals surface area contributed by atoms with Gasteiger partial charge in [-0.1, -0.05) is 12.1 Å². The number of benzene rings is 1. The Morgan fingerprint density at radius 1 is 1.35 bits per heavy atom. The predicted octanol–water partition coefficient (Wildman–Crippen LogP) is 1.76. The first-order chi connectivity index (χ1) is 9.72. The van der Waals surface area contributed by atoms with Gasteiger partial charge in [-0.2, -0.15) is 0 Å². The van der Waals surface area contributed by atoms with Crippen molar-refractivity contribution in [2.75, 3.05) is 18.1 Å². The van der Waals surface area contributed by atoms with Crippen LogP contribution in [0.25, 0.3) is 10.9 Å². The third-order valence-corrected chi connectivity index (χ3v) is 3.33. The summed E-state index contributed by atoms with van der Waals surface area (Å²) in [5.41, 5.74) is 0.486. The van der Waals surface area contributed by atoms with Gasteiger partial charge in [-0.15, -0.1) is 0 Å². The van der Waals surface area contributed by atoms with Crippen molar-refractivity contribution in [2.24, 2.45) is 0 Å². The molecule has 20 heavy (non-hydrogen) atoms. The topological polar surface area (TPSA) is 64.4 Å². The first kappa shape index (κ1) is 12.7. The molecule has 6 nitrogen and oxygen atoms in total. The number of rotatable bonds is 1. The van der Waals surface area contributed by atoms with Crippen LogP contribution in [-0.4, -0.2) is 28.8 Å². The number of anilines is 1. The van der Waals surface area contributed by atoms with Gasteiger partial charge in [-0.05, 0) is 25.5 Å². The summed E-state index contributed by atoms with van der Waals surface area (Å²) in [5.74, 6) is 0.374. The Kier molecular flexibility index (Phi) is 3.14. The van der Waals surface area contributed by atoms with E-state index in [1.54, 1.807) is 23.6 Å². The maximum atomic E-state index is 12.4. The Morgan fingerprint density at radius 2 is 2.15 bits per heavy atom. The Hall–Kier alpha value is -2.37. The number of hydrogen-bond acceptors (Lipinski definition) is 4. The summed E-state index contributed by atoms with van der Waals surface area (Å²) in [6, 6.07) is 7.16. The first-order valence-electron chi connectivity index (χ1n) is 6.66. The van der Waals surface area contributed by atoms with E-state index in [0.29, 0.717) is 43.0 Å². The lowest BCUT2D eigenvalue weighted by Crippen LogP contribution is -2.42. The number of nitrogens with zero attached hydrogens (tertiary/aromatic N) is 3. The number of carbonyl (C=O) groups excluding carboxylic acids is 1. The van der Waals surface area contributed by atoms with Gasteiger partial charge < -0.3 is 4.74 Å². The van der Waals surface area contributed by atoms with Crippen molar-refractivity contribution < 1.29 is 9.53 Å². The second kappa shape index (κ2) is 4.96. The van der Waals surface area contributed by atoms with Gasteiger partial charge in [0.05, 0.1) is 17.5 Å². The van der Waals surface area contributed by atoms with Gasteiger partial charge in [0, 0.05) is 13.1 Å². The molecule has 3 rings (SSSR count). The number of amides is 1. The summed E-state index contributed by atoms with van der Waals surface area (Å²) in [5, 5.41) is 0.571. The number of fused-ring (bicyclic) bond motifs is 2. The lowest BCUT2D eigenvalue weighted by molar-refractivity contribution is 0.158. The fraction of sp³-hybridized carbons (Fsp3) is 0.357. The van der Waals surface area contributed by atoms with Crippen LogP contribution in [0.1, 0.15) is 13.3 Å². The van der Waals surface area contributed by atoms with Crippen molar-refractivity contribution in [3.63, 3.8) is 0 Å². The summed E-state index contributed by atoms with van der Waals surface area (Å²) in [6.07, 6.45) is 0.259. The van der Waals surface area contributed by atoms with Gasteiger partial charge in [0.1, 0.15) is 0 Å². The zero-order valence-corrected chi connectivity index (χ0v) is 11.2. The molecule has 0 spiro atoms. The third kappa shape index (κ3) is 1.93. The average molecular weight is 273 g/mol. The van der Waals surface area contributed by atoms with Crippen molar-refractivity contribution in [3.8, 4) is 0 Å². The molecule has 0 atom stereocenters. The van der Waals surface area contributed by atoms with Gasteiger partial charge in [-0.3, -0.25) is 9.36 Å². The second-order valence-corrected chi connectivity index (χ2v) is 4.59. The quantitative estimate of drug-likeness (QED) is 0.794. The smallest absolute Gasteiger partial charge is 0.416 e. The lowest BCUT2D eigenvalue weighted by atomic mass is 10.2. The summed E-state index contributed by atoms with van der Waals surface area (Å²) in [7, 11) is 0. The summed E-state index contributed by atoms with van der Waals surface area (Å²) >= 11 is 0. The monoisotopic (exact) mass is 273 g/mol. The highest BCUT2D eigenvalue weighted by Crippen LogP contribution is 2.20. The van der Waals surface area contributed by atoms with E-state index in [-0.39, 0.29) is 5.56 Å². The molecule has 1 amide bonds. The van der Waals surface area contributed by atoms with Crippen LogP contribution >= 0.6 is 0 Å². The maximum Gasteiger partial charge on any atom is 0.416 e. The average Bonchev–Trinajstić information content (AvgIpc) is 2.47. The zero-order chi connectivity index (χ0) is 14.1. The summed E-state index contributed by atoms with van der Waals surface area (Å²) in [6.45, 7) is 3.14. The Labute approximate surface area is 115 Å². The van der Waals surface area contributed by atoms with Crippen molar-refractivity contribution in [1.29, 1.82) is 0 Å². The van der Waals surface area contributed by atoms with Crippen molar-refractivity contribution in [2.45, 2.75) is 19.9 Å². The molecule has 0 unspecified atom stereocenters. The van der Waals surface area contributed by atoms with E-state index < -0.39 is 6.09 Å². The number of hydrogen-bond donors (Lipinski definition) is 0. The molecule has 0 bridgehead atoms. The largest absolute Gasteiger partial charge is 0.449 e. The molecule has 6 heteroatoms. The van der Waals surface area contributed by atoms with Gasteiger partial charge in [0.15, 0.2) is 0 Å². The SMILES string of the molecule is CCOC(=O)N1CCCn2c1nc1ccccc1c2=O. The van der Waals surface area contributed by atoms with Crippen molar-refractivity contribution in [3.05, 3.63) is 34.6 Å². The van der Waals surface area contributed by atoms with Crippen LogP contribution in [0.4, 0.5) is 10.7 Å². The molecule has 104 valence electrons. The molecule has 0 fully saturated rings. The number of aromatic nitrogens is 2. The van der Waals surface area contributed by atoms with Crippen LogP contribution in [0, 0.1) is 0 Å². The number of carbonyl (C=O) groups is 1. The van der Waals surface area contributed by atoms with E-state index >= 15 is 0 Å². The van der Waals surface area contributed by atoms with Crippen LogP contribution in [0.3, 0.4) is 0 Å². The molecular formula is C14H15N3O3. The minimum absolute atomic E-state index is 0.111. The van der Waals surface area contributed by atoms with E-state index in [2.05, 4.69) is 4.98 Å². The van der Waals surface area contributed by atoms with Crippen LogP contribution in [-0.2, 0) is 11.3 Å². The zero-order valence-electron chi connectivity index (χ0n) is 11.2. The molecule has 0 N–H and O–H groups in total. The Balaban J connectivity index is 2.18. The van der Waals surface area contributed by atoms with Crippen LogP contribution in [0.15, 0.2) is 29.1 Å². The molecule has 1 aliphatic heterocycles. The van der Waals surface area contributed by atoms with Gasteiger partial charge in [0.25, 0.3) is 5.56 Å². The van der Waals surface area contributed by atoms with E-state index in [1.165, 1.54) is 4.90 Å². The standard InChI is InChI=1S/C14H15N3O3/c1-2-20-14(19)17-9-5-8-16-12(18)10-6-3-4-7-11(10)15-13(16)17/h3-4,6-7H,2,5,8-9H2,1H3. The van der Waals surface area contributed by atoms with Crippen molar-refractivity contribution >= 4 is 22.9 Å². The van der Waals surface area contributed by atoms with Crippen LogP contribution < -0.4 is 10.5 Å². The van der Waals surface area contributed by atoms with E-state index in [0.717, 1.165) is 0 Å². The number of para-hydroxylation sites is 1. The molecule has 0 saturated heterocycles. The van der Waals surface area contributed by atoms with Crippen LogP contribution in [0.2, 0.25) is 0 Å². The highest BCUT2D eigenvalue weighted by atomic mass is 16.6. The molecule has 2 heterocycles. The fourth-order valence-electron chi connectivity index (χ4n) is 2.43. The molecular weight excluding hydrogens is 258 g/mol. The summed E-state index contributed by atoms with van der Waals surface area (Å²) < 4.78 is 6.57. The van der Waals surface area contributed by atoms with Gasteiger partial charge >= 0.3 is 6.09 Å². The molecule has 0 aliphatic carbocycles. The molecule has 0 saturated carbocycles. The Morgan fingerprint density at radius 3 is 2.95 bits per heavy atom. The summed E-state index contributed by atoms with van der Waals surface area (Å²) in [4.78, 5) is 30.3. The minimum atomic E-state index is -0.455. The van der Waals surface area contributed by atoms with E-state index in [1.807, 2.05) is 12.1 Å². The highest BCUT2D eigenvalue weighted by Gasteiger charge is 2.26. The lowest BCUT2D eigenvalue weighted by Gasteiger charge is -2.28. The van der Waals surface area contributed by atoms with Gasteiger partial charge in [-0.25, -0.2) is 14.7 Å². The normalized spacial score (nSPS) is 14.2. The second-order valence-electron chi connectivity index (χ2n) is 4.59. The van der Waals surface area contributed by atoms with Crippen molar-refractivity contribution in [1.82, 2.24) is 9.55 Å². The minimum Gasteiger partial charge on any atom is -0.449 e. The molecule has 1 aliphatic rings. The Bertz CT molecular complexity index is 723. The molecule has 2 aromatic rings. The molecule has 0 radical (unpaired) electrons. The fourth-order valence-corrected chi connectivity index (χ4v) is 2.43. The third-order valence-electron chi connectivity index (χ3n) is 3.33. The number of ether oxygens (including phenoxy) is 1.